The minimum Gasteiger partial charge on any atom is -0.477 e. The van der Waals surface area contributed by atoms with Gasteiger partial charge >= 0.3 is 11.7 Å². The SMILES string of the molecule is C[N+](C)(C)CCO.O=C(O)c1cc(=O)[nH]c(=O)[nH]1. The van der Waals surface area contributed by atoms with Crippen LogP contribution < -0.4 is 11.2 Å². The van der Waals surface area contributed by atoms with E-state index in [1.165, 1.54) is 0 Å². The number of carbonyl (C=O) groups is 1. The first kappa shape index (κ1) is 16.1. The van der Waals surface area contributed by atoms with E-state index in [1.807, 2.05) is 9.97 Å². The highest BCUT2D eigenvalue weighted by molar-refractivity contribution is 5.84. The number of hydrogen-bond acceptors (Lipinski definition) is 4. The van der Waals surface area contributed by atoms with E-state index in [-0.39, 0.29) is 6.61 Å². The molecule has 102 valence electrons. The van der Waals surface area contributed by atoms with Crippen LogP contribution in [0.4, 0.5) is 0 Å². The van der Waals surface area contributed by atoms with Gasteiger partial charge in [-0.3, -0.25) is 9.78 Å². The molecule has 1 aromatic heterocycles. The summed E-state index contributed by atoms with van der Waals surface area (Å²) in [7, 11) is 6.16. The van der Waals surface area contributed by atoms with Crippen LogP contribution in [0.2, 0.25) is 0 Å². The Morgan fingerprint density at radius 2 is 1.83 bits per heavy atom. The van der Waals surface area contributed by atoms with E-state index in [9.17, 15) is 14.4 Å². The molecule has 1 heterocycles. The lowest BCUT2D eigenvalue weighted by Gasteiger charge is -2.21. The number of carboxylic acids is 1. The molecule has 8 nitrogen and oxygen atoms in total. The molecule has 1 rings (SSSR count). The van der Waals surface area contributed by atoms with Crippen molar-refractivity contribution in [2.24, 2.45) is 0 Å². The van der Waals surface area contributed by atoms with Gasteiger partial charge in [-0.1, -0.05) is 0 Å². The molecule has 0 aliphatic heterocycles. The first-order chi connectivity index (χ1) is 8.15. The van der Waals surface area contributed by atoms with Gasteiger partial charge in [0, 0.05) is 6.07 Å². The Balaban J connectivity index is 0.000000360. The van der Waals surface area contributed by atoms with Crippen LogP contribution in [0.25, 0.3) is 0 Å². The molecular weight excluding hydrogens is 242 g/mol. The Morgan fingerprint density at radius 1 is 1.28 bits per heavy atom. The van der Waals surface area contributed by atoms with Crippen molar-refractivity contribution in [3.05, 3.63) is 32.6 Å². The van der Waals surface area contributed by atoms with Crippen LogP contribution in [0.5, 0.6) is 0 Å². The molecule has 8 heteroatoms. The molecule has 0 saturated heterocycles. The third-order valence-electron chi connectivity index (χ3n) is 1.76. The van der Waals surface area contributed by atoms with E-state index in [4.69, 9.17) is 10.2 Å². The number of aliphatic hydroxyl groups is 1. The lowest BCUT2D eigenvalue weighted by atomic mass is 10.4. The summed E-state index contributed by atoms with van der Waals surface area (Å²) >= 11 is 0. The van der Waals surface area contributed by atoms with Crippen molar-refractivity contribution < 1.29 is 19.5 Å². The summed E-state index contributed by atoms with van der Waals surface area (Å²) in [4.78, 5) is 34.9. The van der Waals surface area contributed by atoms with Crippen LogP contribution in [-0.4, -0.2) is 64.9 Å². The van der Waals surface area contributed by atoms with Gasteiger partial charge in [0.05, 0.1) is 27.7 Å². The topological polar surface area (TPSA) is 123 Å². The molecule has 0 bridgehead atoms. The first-order valence-corrected chi connectivity index (χ1v) is 5.14. The molecule has 0 saturated carbocycles. The molecule has 0 aromatic carbocycles. The summed E-state index contributed by atoms with van der Waals surface area (Å²) < 4.78 is 0.844. The first-order valence-electron chi connectivity index (χ1n) is 5.14. The van der Waals surface area contributed by atoms with E-state index in [1.54, 1.807) is 0 Å². The number of likely N-dealkylation sites (N-methyl/N-ethyl adjacent to an activating group) is 1. The second kappa shape index (κ2) is 6.72. The van der Waals surface area contributed by atoms with Crippen LogP contribution in [-0.2, 0) is 0 Å². The molecule has 0 fully saturated rings. The fourth-order valence-electron chi connectivity index (χ4n) is 0.884. The average Bonchev–Trinajstić information content (AvgIpc) is 2.14. The Kier molecular flexibility index (Phi) is 6.00. The van der Waals surface area contributed by atoms with Crippen LogP contribution >= 0.6 is 0 Å². The van der Waals surface area contributed by atoms with Crippen LogP contribution in [0.1, 0.15) is 10.5 Å². The maximum absolute atomic E-state index is 10.5. The monoisotopic (exact) mass is 260 g/mol. The van der Waals surface area contributed by atoms with Crippen molar-refractivity contribution in [3.63, 3.8) is 0 Å². The molecular formula is C10H18N3O5+. The highest BCUT2D eigenvalue weighted by Crippen LogP contribution is 1.84. The number of aromatic nitrogens is 2. The predicted molar refractivity (Wildman–Crippen MR) is 64.6 cm³/mol. The summed E-state index contributed by atoms with van der Waals surface area (Å²) in [5, 5.41) is 16.7. The van der Waals surface area contributed by atoms with Gasteiger partial charge in [0.1, 0.15) is 12.2 Å². The Morgan fingerprint density at radius 3 is 2.11 bits per heavy atom. The molecule has 0 aliphatic carbocycles. The average molecular weight is 260 g/mol. The summed E-state index contributed by atoms with van der Waals surface area (Å²) in [6.45, 7) is 1.11. The van der Waals surface area contributed by atoms with Gasteiger partial charge in [0.25, 0.3) is 5.56 Å². The predicted octanol–water partition coefficient (Wildman–Crippen LogP) is -1.55. The van der Waals surface area contributed by atoms with Crippen molar-refractivity contribution in [2.75, 3.05) is 34.3 Å². The van der Waals surface area contributed by atoms with E-state index in [2.05, 4.69) is 21.1 Å². The fraction of sp³-hybridized carbons (Fsp3) is 0.500. The van der Waals surface area contributed by atoms with Gasteiger partial charge in [-0.05, 0) is 0 Å². The third-order valence-corrected chi connectivity index (χ3v) is 1.76. The lowest BCUT2D eigenvalue weighted by Crippen LogP contribution is -2.36. The minimum atomic E-state index is -1.34. The molecule has 0 radical (unpaired) electrons. The van der Waals surface area contributed by atoms with Crippen LogP contribution in [0, 0.1) is 0 Å². The summed E-state index contributed by atoms with van der Waals surface area (Å²) in [5.41, 5.74) is -1.97. The maximum Gasteiger partial charge on any atom is 0.352 e. The number of hydrogen-bond donors (Lipinski definition) is 4. The largest absolute Gasteiger partial charge is 0.477 e. The Labute approximate surface area is 103 Å². The standard InChI is InChI=1S/C5H4N2O4.C5H14NO/c8-3-1-2(4(9)10)6-5(11)7-3;1-6(2,3)4-5-7/h1H,(H,9,10)(H2,6,7,8,11);7H,4-5H2,1-3H3/q;+1. The number of quaternary nitrogens is 1. The number of aromatic amines is 2. The highest BCUT2D eigenvalue weighted by Gasteiger charge is 2.03. The van der Waals surface area contributed by atoms with Gasteiger partial charge in [-0.15, -0.1) is 0 Å². The molecule has 18 heavy (non-hydrogen) atoms. The minimum absolute atomic E-state index is 0.281. The lowest BCUT2D eigenvalue weighted by molar-refractivity contribution is -0.870. The molecule has 4 N–H and O–H groups in total. The van der Waals surface area contributed by atoms with Crippen molar-refractivity contribution in [1.82, 2.24) is 9.97 Å². The van der Waals surface area contributed by atoms with Crippen molar-refractivity contribution in [1.29, 1.82) is 0 Å². The normalized spacial score (nSPS) is 10.4. The summed E-state index contributed by atoms with van der Waals surface area (Å²) in [6.07, 6.45) is 0. The van der Waals surface area contributed by atoms with Crippen molar-refractivity contribution in [2.45, 2.75) is 0 Å². The smallest absolute Gasteiger partial charge is 0.352 e. The number of aromatic carboxylic acids is 1. The van der Waals surface area contributed by atoms with E-state index in [0.29, 0.717) is 0 Å². The van der Waals surface area contributed by atoms with Gasteiger partial charge in [-0.2, -0.15) is 0 Å². The number of nitrogens with zero attached hydrogens (tertiary/aromatic N) is 1. The number of rotatable bonds is 3. The number of H-pyrrole nitrogens is 2. The molecule has 1 aromatic rings. The summed E-state index contributed by atoms with van der Waals surface area (Å²) in [5.74, 6) is -1.34. The number of nitrogens with one attached hydrogen (secondary N) is 2. The van der Waals surface area contributed by atoms with Gasteiger partial charge < -0.3 is 19.7 Å². The van der Waals surface area contributed by atoms with Crippen LogP contribution in [0.3, 0.4) is 0 Å². The van der Waals surface area contributed by atoms with E-state index >= 15 is 0 Å². The number of aliphatic hydroxyl groups excluding tert-OH is 1. The molecule has 0 atom stereocenters. The zero-order chi connectivity index (χ0) is 14.3. The second-order valence-corrected chi connectivity index (χ2v) is 4.54. The Hall–Kier alpha value is -1.93. The summed E-state index contributed by atoms with van der Waals surface area (Å²) in [6, 6.07) is 0.795. The zero-order valence-electron chi connectivity index (χ0n) is 10.6. The van der Waals surface area contributed by atoms with Gasteiger partial charge in [0.15, 0.2) is 0 Å². The van der Waals surface area contributed by atoms with E-state index in [0.717, 1.165) is 17.1 Å². The molecule has 0 aliphatic rings. The Bertz CT molecular complexity index is 469. The maximum atomic E-state index is 10.5. The third kappa shape index (κ3) is 7.36. The molecule has 0 spiro atoms. The van der Waals surface area contributed by atoms with E-state index < -0.39 is 22.9 Å². The van der Waals surface area contributed by atoms with Crippen molar-refractivity contribution >= 4 is 5.97 Å². The molecule has 0 unspecified atom stereocenters. The van der Waals surface area contributed by atoms with Gasteiger partial charge in [0.2, 0.25) is 0 Å². The highest BCUT2D eigenvalue weighted by atomic mass is 16.4. The van der Waals surface area contributed by atoms with Crippen molar-refractivity contribution in [3.8, 4) is 0 Å². The number of carboxylic acid groups (broad SMARTS) is 1. The van der Waals surface area contributed by atoms with Gasteiger partial charge in [-0.25, -0.2) is 9.59 Å². The zero-order valence-corrected chi connectivity index (χ0v) is 10.6. The fourth-order valence-corrected chi connectivity index (χ4v) is 0.884. The second-order valence-electron chi connectivity index (χ2n) is 4.54. The van der Waals surface area contributed by atoms with Crippen LogP contribution in [0.15, 0.2) is 15.7 Å². The quantitative estimate of drug-likeness (QED) is 0.490. The molecule has 0 amide bonds.